The average Bonchev–Trinajstić information content (AvgIpc) is 3.88. The Kier molecular flexibility index (Phi) is 9.80. The zero-order valence-electron chi connectivity index (χ0n) is 30.7. The maximum absolute atomic E-state index is 13.2. The molecule has 0 spiro atoms. The van der Waals surface area contributed by atoms with Crippen LogP contribution in [0.4, 0.5) is 4.79 Å². The maximum Gasteiger partial charge on any atom is 0.315 e. The van der Waals surface area contributed by atoms with Gasteiger partial charge in [0.05, 0.1) is 20.4 Å². The summed E-state index contributed by atoms with van der Waals surface area (Å²) in [7, 11) is 0. The van der Waals surface area contributed by atoms with Crippen molar-refractivity contribution in [3.05, 3.63) is 106 Å². The zero-order valence-corrected chi connectivity index (χ0v) is 33.9. The van der Waals surface area contributed by atoms with E-state index in [1.165, 1.54) is 59.5 Å². The van der Waals surface area contributed by atoms with E-state index in [9.17, 15) is 4.79 Å². The number of urea groups is 1. The second-order valence-electron chi connectivity index (χ2n) is 15.8. The van der Waals surface area contributed by atoms with Crippen molar-refractivity contribution in [1.29, 1.82) is 0 Å². The third kappa shape index (κ3) is 7.34. The smallest absolute Gasteiger partial charge is 0.315 e. The Balaban J connectivity index is 0.745. The number of primary amides is 1. The molecule has 288 valence electrons. The number of aromatic nitrogens is 2. The fraction of sp³-hybridized carbons (Fsp3) is 0.372. The second-order valence-corrected chi connectivity index (χ2v) is 18.6. The Morgan fingerprint density at radius 1 is 0.643 bits per heavy atom. The molecule has 4 bridgehead atoms. The van der Waals surface area contributed by atoms with E-state index in [-0.39, 0.29) is 18.1 Å². The van der Waals surface area contributed by atoms with Gasteiger partial charge in [-0.05, 0) is 123 Å². The van der Waals surface area contributed by atoms with Crippen LogP contribution in [0.3, 0.4) is 0 Å². The lowest BCUT2D eigenvalue weighted by atomic mass is 9.90. The monoisotopic (exact) mass is 824 g/mol. The molecule has 6 heterocycles. The predicted molar refractivity (Wildman–Crippen MR) is 224 cm³/mol. The molecular formula is C43H42Cl2N6O3S2. The average molecular weight is 826 g/mol. The third-order valence-electron chi connectivity index (χ3n) is 12.4. The molecule has 4 aliphatic rings. The van der Waals surface area contributed by atoms with Crippen molar-refractivity contribution in [3.8, 4) is 21.9 Å². The molecule has 4 unspecified atom stereocenters. The van der Waals surface area contributed by atoms with Gasteiger partial charge < -0.3 is 20.1 Å². The lowest BCUT2D eigenvalue weighted by Gasteiger charge is -2.49. The Labute approximate surface area is 343 Å². The standard InChI is InChI=1S/C43H42Cl2N6O3S2/c44-27-5-15-39-37(17-27)47-42(55-39)53-35-11-1-25(2-12-35)23-49-29-7-8-30(49)20-33(19-29)51(41(46)52)34-21-31-9-10-32(22-34)50(31)24-26-3-13-36(14-4-26)54-43-48-38-18-28(45)6-16-40(38)56-43/h1-6,11-18,29-34H,7-10,19-24H2,(H2,46,52). The highest BCUT2D eigenvalue weighted by atomic mass is 35.5. The van der Waals surface area contributed by atoms with Crippen LogP contribution in [0, 0.1) is 0 Å². The van der Waals surface area contributed by atoms with Gasteiger partial charge in [-0.3, -0.25) is 9.80 Å². The SMILES string of the molecule is NC(=O)N(C1CC2CCC(C1)N2Cc1ccc(Oc2nc3cc(Cl)ccc3s2)cc1)C1CC2CCC(C1)N2Cc1ccc(Oc2nc3cc(Cl)ccc3s2)cc1. The molecular weight excluding hydrogens is 784 g/mol. The molecule has 2 N–H and O–H groups in total. The Bertz CT molecular complexity index is 2200. The largest absolute Gasteiger partial charge is 0.431 e. The summed E-state index contributed by atoms with van der Waals surface area (Å²) >= 11 is 15.3. The fourth-order valence-corrected chi connectivity index (χ4v) is 11.9. The molecule has 4 aliphatic heterocycles. The van der Waals surface area contributed by atoms with Crippen molar-refractivity contribution in [1.82, 2.24) is 24.7 Å². The van der Waals surface area contributed by atoms with Crippen molar-refractivity contribution in [2.45, 2.75) is 101 Å². The Morgan fingerprint density at radius 2 is 1.04 bits per heavy atom. The molecule has 9 nitrogen and oxygen atoms in total. The van der Waals surface area contributed by atoms with Crippen LogP contribution >= 0.6 is 45.9 Å². The van der Waals surface area contributed by atoms with E-state index < -0.39 is 0 Å². The summed E-state index contributed by atoms with van der Waals surface area (Å²) in [4.78, 5) is 29.9. The molecule has 4 saturated heterocycles. The molecule has 0 radical (unpaired) electrons. The van der Waals surface area contributed by atoms with Crippen molar-refractivity contribution in [2.75, 3.05) is 0 Å². The molecule has 4 aromatic carbocycles. The molecule has 56 heavy (non-hydrogen) atoms. The number of carbonyl (C=O) groups excluding carboxylic acids is 1. The highest BCUT2D eigenvalue weighted by Gasteiger charge is 2.48. The first-order valence-electron chi connectivity index (χ1n) is 19.5. The number of hydrogen-bond donors (Lipinski definition) is 1. The molecule has 10 rings (SSSR count). The Morgan fingerprint density at radius 3 is 1.41 bits per heavy atom. The normalized spacial score (nSPS) is 24.9. The minimum absolute atomic E-state index is 0.191. The summed E-state index contributed by atoms with van der Waals surface area (Å²) in [6, 6.07) is 30.1. The first-order valence-corrected chi connectivity index (χ1v) is 21.9. The predicted octanol–water partition coefficient (Wildman–Crippen LogP) is 10.9. The van der Waals surface area contributed by atoms with E-state index in [1.807, 2.05) is 60.7 Å². The molecule has 13 heteroatoms. The number of nitrogens with zero attached hydrogens (tertiary/aromatic N) is 5. The highest BCUT2D eigenvalue weighted by Crippen LogP contribution is 2.44. The van der Waals surface area contributed by atoms with Gasteiger partial charge in [-0.2, -0.15) is 0 Å². The maximum atomic E-state index is 13.2. The number of halogens is 2. The minimum atomic E-state index is -0.251. The van der Waals surface area contributed by atoms with Crippen molar-refractivity contribution in [2.24, 2.45) is 5.73 Å². The van der Waals surface area contributed by atoms with Crippen molar-refractivity contribution in [3.63, 3.8) is 0 Å². The van der Waals surface area contributed by atoms with Gasteiger partial charge in [-0.25, -0.2) is 14.8 Å². The number of rotatable bonds is 10. The second kappa shape index (κ2) is 15.1. The summed E-state index contributed by atoms with van der Waals surface area (Å²) < 4.78 is 14.3. The van der Waals surface area contributed by atoms with Gasteiger partial charge in [0.2, 0.25) is 0 Å². The molecule has 0 saturated carbocycles. The minimum Gasteiger partial charge on any atom is -0.431 e. The molecule has 6 aromatic rings. The van der Waals surface area contributed by atoms with Gasteiger partial charge >= 0.3 is 6.03 Å². The van der Waals surface area contributed by atoms with Crippen LogP contribution in [0.2, 0.25) is 10.0 Å². The van der Waals surface area contributed by atoms with Gasteiger partial charge in [0.15, 0.2) is 0 Å². The summed E-state index contributed by atoms with van der Waals surface area (Å²) in [5, 5.41) is 2.56. The number of carbonyl (C=O) groups is 1. The first-order chi connectivity index (χ1) is 27.3. The van der Waals surface area contributed by atoms with E-state index in [0.717, 1.165) is 70.7 Å². The number of nitrogens with two attached hydrogens (primary N) is 1. The summed E-state index contributed by atoms with van der Waals surface area (Å²) in [6.45, 7) is 1.79. The van der Waals surface area contributed by atoms with Crippen LogP contribution in [-0.2, 0) is 13.1 Å². The number of hydrogen-bond acceptors (Lipinski definition) is 9. The molecule has 4 atom stereocenters. The summed E-state index contributed by atoms with van der Waals surface area (Å²) in [5.41, 5.74) is 10.5. The molecule has 4 fully saturated rings. The molecule has 2 aromatic heterocycles. The highest BCUT2D eigenvalue weighted by molar-refractivity contribution is 7.20. The number of thiazole rings is 2. The fourth-order valence-electron chi connectivity index (χ4n) is 9.91. The van der Waals surface area contributed by atoms with Crippen LogP contribution in [0.25, 0.3) is 20.4 Å². The van der Waals surface area contributed by atoms with E-state index in [1.54, 1.807) is 0 Å². The Hall–Kier alpha value is -3.97. The molecule has 0 aliphatic carbocycles. The van der Waals surface area contributed by atoms with Crippen LogP contribution in [0.1, 0.15) is 62.5 Å². The number of ether oxygens (including phenoxy) is 2. The zero-order chi connectivity index (χ0) is 37.9. The van der Waals surface area contributed by atoms with Crippen molar-refractivity contribution >= 4 is 72.3 Å². The quantitative estimate of drug-likeness (QED) is 0.147. The van der Waals surface area contributed by atoms with Crippen LogP contribution in [0.5, 0.6) is 21.9 Å². The molecule has 2 amide bonds. The number of fused-ring (bicyclic) bond motifs is 6. The number of amides is 2. The lowest BCUT2D eigenvalue weighted by Crippen LogP contribution is -2.59. The topological polar surface area (TPSA) is 97.1 Å². The summed E-state index contributed by atoms with van der Waals surface area (Å²) in [5.74, 6) is 1.54. The van der Waals surface area contributed by atoms with Crippen LogP contribution < -0.4 is 15.2 Å². The van der Waals surface area contributed by atoms with Gasteiger partial charge in [-0.15, -0.1) is 0 Å². The van der Waals surface area contributed by atoms with Gasteiger partial charge in [0, 0.05) is 59.4 Å². The van der Waals surface area contributed by atoms with E-state index in [0.29, 0.717) is 44.6 Å². The van der Waals surface area contributed by atoms with Crippen LogP contribution in [-0.4, -0.2) is 66.9 Å². The lowest BCUT2D eigenvalue weighted by molar-refractivity contribution is 0.0179. The van der Waals surface area contributed by atoms with Gasteiger partial charge in [-0.1, -0.05) is 70.1 Å². The third-order valence-corrected chi connectivity index (χ3v) is 14.7. The van der Waals surface area contributed by atoms with Gasteiger partial charge in [0.1, 0.15) is 11.5 Å². The van der Waals surface area contributed by atoms with Gasteiger partial charge in [0.25, 0.3) is 10.4 Å². The number of benzene rings is 4. The van der Waals surface area contributed by atoms with E-state index >= 15 is 0 Å². The van der Waals surface area contributed by atoms with E-state index in [2.05, 4.69) is 48.9 Å². The first kappa shape index (κ1) is 36.4. The van der Waals surface area contributed by atoms with E-state index in [4.69, 9.17) is 38.4 Å². The number of piperidine rings is 2. The van der Waals surface area contributed by atoms with Crippen molar-refractivity contribution < 1.29 is 14.3 Å². The van der Waals surface area contributed by atoms with Crippen LogP contribution in [0.15, 0.2) is 84.9 Å². The summed E-state index contributed by atoms with van der Waals surface area (Å²) in [6.07, 6.45) is 8.60.